The van der Waals surface area contributed by atoms with Crippen LogP contribution < -0.4 is 19.6 Å². The number of hydrogen-bond acceptors (Lipinski definition) is 9. The van der Waals surface area contributed by atoms with Crippen LogP contribution in [-0.4, -0.2) is 54.0 Å². The number of methoxy groups -OCH3 is 3. The van der Waals surface area contributed by atoms with E-state index in [-0.39, 0.29) is 11.7 Å². The molecular weight excluding hydrogens is 498 g/mol. The van der Waals surface area contributed by atoms with Gasteiger partial charge in [-0.25, -0.2) is 5.43 Å². The third-order valence-corrected chi connectivity index (χ3v) is 6.91. The van der Waals surface area contributed by atoms with Crippen LogP contribution in [0.5, 0.6) is 17.2 Å². The van der Waals surface area contributed by atoms with E-state index < -0.39 is 0 Å². The first-order valence-corrected chi connectivity index (χ1v) is 12.7. The van der Waals surface area contributed by atoms with Crippen molar-refractivity contribution in [2.45, 2.75) is 12.1 Å². The molecule has 0 unspecified atom stereocenters. The van der Waals surface area contributed by atoms with Crippen LogP contribution in [-0.2, 0) is 4.79 Å². The zero-order valence-electron chi connectivity index (χ0n) is 20.2. The van der Waals surface area contributed by atoms with Crippen LogP contribution in [0.2, 0.25) is 0 Å². The summed E-state index contributed by atoms with van der Waals surface area (Å²) in [5.74, 6) is 1.92. The molecule has 0 aliphatic rings. The normalized spacial score (nSPS) is 11.0. The molecule has 0 aliphatic heterocycles. The van der Waals surface area contributed by atoms with E-state index in [2.05, 4.69) is 20.7 Å². The molecule has 0 radical (unpaired) electrons. The van der Waals surface area contributed by atoms with Gasteiger partial charge in [0.05, 0.1) is 33.3 Å². The van der Waals surface area contributed by atoms with Crippen LogP contribution in [0.15, 0.2) is 64.9 Å². The molecule has 1 amide bonds. The third-order valence-electron chi connectivity index (χ3n) is 5.05. The van der Waals surface area contributed by atoms with Gasteiger partial charge in [0.2, 0.25) is 5.75 Å². The number of hydrogen-bond donors (Lipinski definition) is 1. The van der Waals surface area contributed by atoms with E-state index >= 15 is 0 Å². The third kappa shape index (κ3) is 5.69. The van der Waals surface area contributed by atoms with Crippen LogP contribution in [0.4, 0.5) is 0 Å². The van der Waals surface area contributed by atoms with E-state index in [1.165, 1.54) is 16.6 Å². The van der Waals surface area contributed by atoms with Crippen LogP contribution in [0.25, 0.3) is 17.1 Å². The quantitative estimate of drug-likeness (QED) is 0.185. The number of thiophene rings is 1. The van der Waals surface area contributed by atoms with Crippen molar-refractivity contribution in [2.24, 2.45) is 5.10 Å². The fourth-order valence-corrected chi connectivity index (χ4v) is 4.92. The van der Waals surface area contributed by atoms with E-state index in [4.69, 9.17) is 14.2 Å². The predicted molar refractivity (Wildman–Crippen MR) is 142 cm³/mol. The van der Waals surface area contributed by atoms with E-state index in [1.807, 2.05) is 66.1 Å². The van der Waals surface area contributed by atoms with E-state index in [0.717, 1.165) is 10.6 Å². The Hall–Kier alpha value is -3.83. The highest BCUT2D eigenvalue weighted by Crippen LogP contribution is 2.41. The van der Waals surface area contributed by atoms with Gasteiger partial charge in [0.15, 0.2) is 22.5 Å². The van der Waals surface area contributed by atoms with Crippen molar-refractivity contribution in [3.63, 3.8) is 0 Å². The molecule has 0 saturated carbocycles. The number of nitrogens with one attached hydrogen (secondary N) is 1. The lowest BCUT2D eigenvalue weighted by Crippen LogP contribution is -2.19. The number of amides is 1. The van der Waals surface area contributed by atoms with Crippen molar-refractivity contribution in [3.8, 4) is 34.3 Å². The number of para-hydroxylation sites is 1. The van der Waals surface area contributed by atoms with Crippen molar-refractivity contribution >= 4 is 35.2 Å². The molecule has 2 heterocycles. The molecular formula is C25H25N5O4S2. The van der Waals surface area contributed by atoms with Crippen LogP contribution in [0, 0.1) is 6.92 Å². The number of aryl methyl sites for hydroxylation is 1. The fraction of sp³-hybridized carbons (Fsp3) is 0.200. The van der Waals surface area contributed by atoms with Crippen molar-refractivity contribution in [3.05, 3.63) is 64.4 Å². The van der Waals surface area contributed by atoms with Gasteiger partial charge in [-0.15, -0.1) is 21.5 Å². The highest BCUT2D eigenvalue weighted by Gasteiger charge is 2.21. The summed E-state index contributed by atoms with van der Waals surface area (Å²) in [6.45, 7) is 2.02. The first-order chi connectivity index (χ1) is 17.5. The van der Waals surface area contributed by atoms with Crippen LogP contribution >= 0.6 is 23.1 Å². The zero-order valence-corrected chi connectivity index (χ0v) is 21.9. The van der Waals surface area contributed by atoms with Crippen LogP contribution in [0.3, 0.4) is 0 Å². The zero-order chi connectivity index (χ0) is 25.5. The maximum Gasteiger partial charge on any atom is 0.250 e. The first kappa shape index (κ1) is 25.3. The second-order valence-electron chi connectivity index (χ2n) is 7.42. The molecule has 0 aliphatic carbocycles. The molecule has 0 bridgehead atoms. The minimum Gasteiger partial charge on any atom is -0.493 e. The molecule has 0 spiro atoms. The molecule has 0 atom stereocenters. The minimum atomic E-state index is -0.249. The molecule has 0 saturated heterocycles. The summed E-state index contributed by atoms with van der Waals surface area (Å²) in [7, 11) is 4.67. The second kappa shape index (κ2) is 11.7. The summed E-state index contributed by atoms with van der Waals surface area (Å²) in [6, 6.07) is 17.3. The Balaban J connectivity index is 1.61. The highest BCUT2D eigenvalue weighted by molar-refractivity contribution is 7.99. The van der Waals surface area contributed by atoms with E-state index in [9.17, 15) is 4.79 Å². The van der Waals surface area contributed by atoms with Gasteiger partial charge in [-0.2, -0.15) is 5.10 Å². The molecule has 4 aromatic rings. The summed E-state index contributed by atoms with van der Waals surface area (Å²) in [5.41, 5.74) is 4.13. The molecule has 11 heteroatoms. The summed E-state index contributed by atoms with van der Waals surface area (Å²) < 4.78 is 18.3. The molecule has 2 aromatic heterocycles. The molecule has 9 nitrogen and oxygen atoms in total. The van der Waals surface area contributed by atoms with Crippen molar-refractivity contribution < 1.29 is 19.0 Å². The lowest BCUT2D eigenvalue weighted by Gasteiger charge is -2.15. The van der Waals surface area contributed by atoms with Crippen molar-refractivity contribution in [2.75, 3.05) is 27.1 Å². The van der Waals surface area contributed by atoms with Gasteiger partial charge in [0, 0.05) is 21.0 Å². The monoisotopic (exact) mass is 523 g/mol. The number of aromatic nitrogens is 3. The average Bonchev–Trinajstić information content (AvgIpc) is 3.52. The van der Waals surface area contributed by atoms with E-state index in [0.29, 0.717) is 33.8 Å². The Morgan fingerprint density at radius 2 is 1.78 bits per heavy atom. The molecule has 2 aromatic carbocycles. The number of benzene rings is 2. The van der Waals surface area contributed by atoms with Gasteiger partial charge in [0.25, 0.3) is 5.91 Å². The van der Waals surface area contributed by atoms with Gasteiger partial charge in [-0.1, -0.05) is 30.0 Å². The van der Waals surface area contributed by atoms with E-state index in [1.54, 1.807) is 38.9 Å². The lowest BCUT2D eigenvalue weighted by atomic mass is 10.1. The number of ether oxygens (including phenoxy) is 3. The Morgan fingerprint density at radius 3 is 2.39 bits per heavy atom. The van der Waals surface area contributed by atoms with Crippen molar-refractivity contribution in [1.29, 1.82) is 0 Å². The van der Waals surface area contributed by atoms with Crippen molar-refractivity contribution in [1.82, 2.24) is 20.2 Å². The summed E-state index contributed by atoms with van der Waals surface area (Å²) >= 11 is 2.87. The fourth-order valence-electron chi connectivity index (χ4n) is 3.42. The Bertz CT molecular complexity index is 1340. The van der Waals surface area contributed by atoms with Gasteiger partial charge in [0.1, 0.15) is 0 Å². The summed E-state index contributed by atoms with van der Waals surface area (Å²) in [6.07, 6.45) is 1.63. The SMILES string of the molecule is COc1cc(-c2nnc(SCC(=O)N/N=C/c3ccc(C)s3)n2-c2ccccc2)cc(OC)c1OC. The second-order valence-corrected chi connectivity index (χ2v) is 9.68. The first-order valence-electron chi connectivity index (χ1n) is 10.9. The molecule has 0 fully saturated rings. The molecule has 1 N–H and O–H groups in total. The topological polar surface area (TPSA) is 99.9 Å². The average molecular weight is 524 g/mol. The number of carbonyl (C=O) groups excluding carboxylic acids is 1. The summed E-state index contributed by atoms with van der Waals surface area (Å²) in [5, 5.41) is 13.4. The number of nitrogens with zero attached hydrogens (tertiary/aromatic N) is 4. The maximum absolute atomic E-state index is 12.4. The number of rotatable bonds is 10. The Labute approximate surface area is 217 Å². The lowest BCUT2D eigenvalue weighted by molar-refractivity contribution is -0.118. The number of thioether (sulfide) groups is 1. The highest BCUT2D eigenvalue weighted by atomic mass is 32.2. The largest absolute Gasteiger partial charge is 0.493 e. The Morgan fingerprint density at radius 1 is 1.06 bits per heavy atom. The predicted octanol–water partition coefficient (Wildman–Crippen LogP) is 4.57. The standard InChI is InChI=1S/C25H25N5O4S2/c1-16-10-11-19(36-16)14-26-27-22(31)15-35-25-29-28-24(30(25)18-8-6-5-7-9-18)17-12-20(32-2)23(34-4)21(13-17)33-3/h5-14H,15H2,1-4H3,(H,27,31)/b26-14+. The minimum absolute atomic E-state index is 0.112. The molecule has 186 valence electrons. The number of carbonyl (C=O) groups is 1. The van der Waals surface area contributed by atoms with Crippen LogP contribution in [0.1, 0.15) is 9.75 Å². The van der Waals surface area contributed by atoms with Gasteiger partial charge in [-0.3, -0.25) is 9.36 Å². The van der Waals surface area contributed by atoms with Gasteiger partial charge in [-0.05, 0) is 43.3 Å². The smallest absolute Gasteiger partial charge is 0.250 e. The number of hydrazone groups is 1. The van der Waals surface area contributed by atoms with Gasteiger partial charge >= 0.3 is 0 Å². The maximum atomic E-state index is 12.4. The molecule has 36 heavy (non-hydrogen) atoms. The molecule has 4 rings (SSSR count). The Kier molecular flexibility index (Phi) is 8.24. The summed E-state index contributed by atoms with van der Waals surface area (Å²) in [4.78, 5) is 14.6. The van der Waals surface area contributed by atoms with Gasteiger partial charge < -0.3 is 14.2 Å².